The SMILES string of the molecule is COC(=O)c1ccccc1NC(=O)CO/N=C\c1cc(Cl)c(OC)c(OC)c1. The summed E-state index contributed by atoms with van der Waals surface area (Å²) in [6.07, 6.45) is 1.38. The van der Waals surface area contributed by atoms with E-state index in [1.54, 1.807) is 36.4 Å². The van der Waals surface area contributed by atoms with Gasteiger partial charge in [0.25, 0.3) is 5.91 Å². The lowest BCUT2D eigenvalue weighted by atomic mass is 10.2. The highest BCUT2D eigenvalue weighted by Crippen LogP contribution is 2.35. The van der Waals surface area contributed by atoms with Gasteiger partial charge < -0.3 is 24.4 Å². The van der Waals surface area contributed by atoms with E-state index in [1.165, 1.54) is 27.5 Å². The number of esters is 1. The third-order valence-electron chi connectivity index (χ3n) is 3.53. The average molecular weight is 407 g/mol. The molecular formula is C19H19ClN2O6. The molecule has 2 aromatic rings. The summed E-state index contributed by atoms with van der Waals surface area (Å²) in [5.74, 6) is -0.196. The van der Waals surface area contributed by atoms with Crippen molar-refractivity contribution in [3.05, 3.63) is 52.5 Å². The number of carbonyl (C=O) groups excluding carboxylic acids is 2. The second-order valence-electron chi connectivity index (χ2n) is 5.33. The van der Waals surface area contributed by atoms with Crippen molar-refractivity contribution in [1.29, 1.82) is 0 Å². The van der Waals surface area contributed by atoms with Crippen molar-refractivity contribution in [1.82, 2.24) is 0 Å². The maximum Gasteiger partial charge on any atom is 0.339 e. The number of oxime groups is 1. The summed E-state index contributed by atoms with van der Waals surface area (Å²) in [6.45, 7) is -0.354. The molecule has 0 heterocycles. The van der Waals surface area contributed by atoms with Gasteiger partial charge in [-0.1, -0.05) is 28.9 Å². The van der Waals surface area contributed by atoms with Crippen LogP contribution in [0.1, 0.15) is 15.9 Å². The molecule has 0 fully saturated rings. The highest BCUT2D eigenvalue weighted by Gasteiger charge is 2.13. The van der Waals surface area contributed by atoms with Gasteiger partial charge in [0.15, 0.2) is 18.1 Å². The predicted molar refractivity (Wildman–Crippen MR) is 105 cm³/mol. The number of para-hydroxylation sites is 1. The maximum absolute atomic E-state index is 12.0. The molecule has 8 nitrogen and oxygen atoms in total. The third kappa shape index (κ3) is 5.37. The van der Waals surface area contributed by atoms with E-state index in [0.717, 1.165) is 0 Å². The van der Waals surface area contributed by atoms with E-state index >= 15 is 0 Å². The molecule has 0 spiro atoms. The lowest BCUT2D eigenvalue weighted by Gasteiger charge is -2.10. The number of hydrogen-bond donors (Lipinski definition) is 1. The van der Waals surface area contributed by atoms with Crippen molar-refractivity contribution >= 4 is 35.4 Å². The molecule has 0 saturated carbocycles. The molecule has 0 saturated heterocycles. The Hall–Kier alpha value is -3.26. The number of hydrogen-bond acceptors (Lipinski definition) is 7. The molecule has 0 aromatic heterocycles. The normalized spacial score (nSPS) is 10.4. The van der Waals surface area contributed by atoms with E-state index in [1.807, 2.05) is 0 Å². The first-order valence-electron chi connectivity index (χ1n) is 8.04. The van der Waals surface area contributed by atoms with E-state index in [-0.39, 0.29) is 12.2 Å². The fourth-order valence-electron chi connectivity index (χ4n) is 2.27. The molecule has 0 atom stereocenters. The van der Waals surface area contributed by atoms with Crippen LogP contribution in [0.25, 0.3) is 0 Å². The van der Waals surface area contributed by atoms with Gasteiger partial charge in [0.1, 0.15) is 0 Å². The molecule has 148 valence electrons. The van der Waals surface area contributed by atoms with Gasteiger partial charge in [-0.2, -0.15) is 0 Å². The second kappa shape index (κ2) is 10.2. The van der Waals surface area contributed by atoms with Crippen LogP contribution in [0.3, 0.4) is 0 Å². The monoisotopic (exact) mass is 406 g/mol. The van der Waals surface area contributed by atoms with Crippen molar-refractivity contribution in [2.45, 2.75) is 0 Å². The van der Waals surface area contributed by atoms with Gasteiger partial charge in [0, 0.05) is 5.56 Å². The molecule has 0 aliphatic carbocycles. The second-order valence-corrected chi connectivity index (χ2v) is 5.74. The number of carbonyl (C=O) groups is 2. The Labute approximate surface area is 167 Å². The minimum atomic E-state index is -0.555. The zero-order chi connectivity index (χ0) is 20.5. The average Bonchev–Trinajstić information content (AvgIpc) is 2.70. The van der Waals surface area contributed by atoms with Crippen LogP contribution < -0.4 is 14.8 Å². The fourth-order valence-corrected chi connectivity index (χ4v) is 2.57. The van der Waals surface area contributed by atoms with Gasteiger partial charge in [-0.3, -0.25) is 4.79 Å². The largest absolute Gasteiger partial charge is 0.493 e. The molecule has 0 aliphatic heterocycles. The van der Waals surface area contributed by atoms with Crippen LogP contribution in [0.5, 0.6) is 11.5 Å². The summed E-state index contributed by atoms with van der Waals surface area (Å²) in [5.41, 5.74) is 1.15. The van der Waals surface area contributed by atoms with Gasteiger partial charge in [-0.05, 0) is 24.3 Å². The number of nitrogens with one attached hydrogen (secondary N) is 1. The van der Waals surface area contributed by atoms with Crippen LogP contribution in [-0.2, 0) is 14.4 Å². The number of methoxy groups -OCH3 is 3. The number of amides is 1. The van der Waals surface area contributed by atoms with Crippen LogP contribution in [0.4, 0.5) is 5.69 Å². The molecular weight excluding hydrogens is 388 g/mol. The topological polar surface area (TPSA) is 95.5 Å². The Balaban J connectivity index is 1.96. The molecule has 2 aromatic carbocycles. The standard InChI is InChI=1S/C19H19ClN2O6/c1-25-16-9-12(8-14(20)18(16)26-2)10-21-28-11-17(23)22-15-7-5-4-6-13(15)19(24)27-3/h4-10H,11H2,1-3H3,(H,22,23)/b21-10-. The molecule has 0 aliphatic rings. The molecule has 0 bridgehead atoms. The Morgan fingerprint density at radius 3 is 2.57 bits per heavy atom. The number of ether oxygens (including phenoxy) is 3. The Kier molecular flexibility index (Phi) is 7.65. The van der Waals surface area contributed by atoms with Crippen molar-refractivity contribution in [3.8, 4) is 11.5 Å². The minimum Gasteiger partial charge on any atom is -0.493 e. The smallest absolute Gasteiger partial charge is 0.339 e. The van der Waals surface area contributed by atoms with E-state index in [9.17, 15) is 9.59 Å². The predicted octanol–water partition coefficient (Wildman–Crippen LogP) is 3.13. The molecule has 2 rings (SSSR count). The Morgan fingerprint density at radius 1 is 1.14 bits per heavy atom. The number of benzene rings is 2. The van der Waals surface area contributed by atoms with E-state index in [2.05, 4.69) is 15.2 Å². The fraction of sp³-hybridized carbons (Fsp3) is 0.211. The Morgan fingerprint density at radius 2 is 1.89 bits per heavy atom. The first-order chi connectivity index (χ1) is 13.5. The van der Waals surface area contributed by atoms with Crippen LogP contribution >= 0.6 is 11.6 Å². The lowest BCUT2D eigenvalue weighted by molar-refractivity contribution is -0.120. The molecule has 1 N–H and O–H groups in total. The quantitative estimate of drug-likeness (QED) is 0.411. The number of halogens is 1. The van der Waals surface area contributed by atoms with Gasteiger partial charge in [0.2, 0.25) is 0 Å². The third-order valence-corrected chi connectivity index (χ3v) is 3.82. The van der Waals surface area contributed by atoms with Crippen LogP contribution in [-0.4, -0.2) is 46.0 Å². The first-order valence-corrected chi connectivity index (χ1v) is 8.42. The van der Waals surface area contributed by atoms with Crippen molar-refractivity contribution < 1.29 is 28.6 Å². The molecule has 28 heavy (non-hydrogen) atoms. The van der Waals surface area contributed by atoms with E-state index in [4.69, 9.17) is 25.9 Å². The minimum absolute atomic E-state index is 0.238. The zero-order valence-electron chi connectivity index (χ0n) is 15.5. The summed E-state index contributed by atoms with van der Waals surface area (Å²) in [7, 11) is 4.23. The van der Waals surface area contributed by atoms with Gasteiger partial charge in [-0.25, -0.2) is 4.79 Å². The summed E-state index contributed by atoms with van der Waals surface area (Å²) in [5, 5.41) is 6.65. The summed E-state index contributed by atoms with van der Waals surface area (Å²) < 4.78 is 15.0. The summed E-state index contributed by atoms with van der Waals surface area (Å²) in [4.78, 5) is 28.7. The molecule has 1 amide bonds. The van der Waals surface area contributed by atoms with E-state index in [0.29, 0.717) is 27.8 Å². The summed E-state index contributed by atoms with van der Waals surface area (Å²) in [6, 6.07) is 9.74. The van der Waals surface area contributed by atoms with Crippen molar-refractivity contribution in [2.24, 2.45) is 5.16 Å². The van der Waals surface area contributed by atoms with Crippen LogP contribution in [0.2, 0.25) is 5.02 Å². The highest BCUT2D eigenvalue weighted by atomic mass is 35.5. The molecule has 0 radical (unpaired) electrons. The van der Waals surface area contributed by atoms with Crippen molar-refractivity contribution in [3.63, 3.8) is 0 Å². The van der Waals surface area contributed by atoms with E-state index < -0.39 is 11.9 Å². The lowest BCUT2D eigenvalue weighted by Crippen LogP contribution is -2.19. The van der Waals surface area contributed by atoms with Crippen LogP contribution in [0.15, 0.2) is 41.6 Å². The maximum atomic E-state index is 12.0. The van der Waals surface area contributed by atoms with Gasteiger partial charge >= 0.3 is 5.97 Å². The summed E-state index contributed by atoms with van der Waals surface area (Å²) >= 11 is 6.11. The number of nitrogens with zero attached hydrogens (tertiary/aromatic N) is 1. The first kappa shape index (κ1) is 21.0. The molecule has 9 heteroatoms. The highest BCUT2D eigenvalue weighted by molar-refractivity contribution is 6.32. The zero-order valence-corrected chi connectivity index (χ0v) is 16.3. The molecule has 0 unspecified atom stereocenters. The number of anilines is 1. The Bertz CT molecular complexity index is 885. The van der Waals surface area contributed by atoms with Gasteiger partial charge in [0.05, 0.1) is 43.8 Å². The van der Waals surface area contributed by atoms with Gasteiger partial charge in [-0.15, -0.1) is 0 Å². The van der Waals surface area contributed by atoms with Crippen LogP contribution in [0, 0.1) is 0 Å². The van der Waals surface area contributed by atoms with Crippen molar-refractivity contribution in [2.75, 3.05) is 33.3 Å². The number of rotatable bonds is 8.